The van der Waals surface area contributed by atoms with E-state index in [0.717, 1.165) is 69.2 Å². The van der Waals surface area contributed by atoms with Gasteiger partial charge in [-0.2, -0.15) is 10.5 Å². The molecule has 0 radical (unpaired) electrons. The minimum atomic E-state index is -0.138. The van der Waals surface area contributed by atoms with Crippen molar-refractivity contribution < 1.29 is 37.9 Å². The van der Waals surface area contributed by atoms with Crippen LogP contribution in [0.25, 0.3) is 4.85 Å². The van der Waals surface area contributed by atoms with Crippen molar-refractivity contribution in [1.82, 2.24) is 5.32 Å². The molecule has 2 aliphatic carbocycles. The quantitative estimate of drug-likeness (QED) is 0.0454. The van der Waals surface area contributed by atoms with E-state index in [1.54, 1.807) is 14.2 Å². The van der Waals surface area contributed by atoms with Gasteiger partial charge in [0.15, 0.2) is 0 Å². The van der Waals surface area contributed by atoms with Crippen molar-refractivity contribution in [2.45, 2.75) is 91.9 Å². The van der Waals surface area contributed by atoms with Gasteiger partial charge in [-0.1, -0.05) is 47.0 Å². The molecule has 0 aromatic carbocycles. The van der Waals surface area contributed by atoms with Crippen LogP contribution in [-0.2, 0) is 37.9 Å². The van der Waals surface area contributed by atoms with Crippen LogP contribution in [0.15, 0.2) is 45.2 Å². The number of nitriles is 3. The summed E-state index contributed by atoms with van der Waals surface area (Å²) in [5, 5.41) is 32.9. The zero-order valence-corrected chi connectivity index (χ0v) is 34.8. The van der Waals surface area contributed by atoms with Crippen molar-refractivity contribution in [3.63, 3.8) is 0 Å². The van der Waals surface area contributed by atoms with Crippen LogP contribution in [0.1, 0.15) is 91.9 Å². The lowest BCUT2D eigenvalue weighted by Gasteiger charge is -2.35. The van der Waals surface area contributed by atoms with Gasteiger partial charge in [0.05, 0.1) is 84.4 Å². The molecule has 0 atom stereocenters. The number of nitrogens with zero attached hydrogens (tertiary/aromatic N) is 4. The first-order valence-electron chi connectivity index (χ1n) is 19.8. The van der Waals surface area contributed by atoms with E-state index in [-0.39, 0.29) is 22.1 Å². The van der Waals surface area contributed by atoms with Crippen LogP contribution in [0, 0.1) is 51.4 Å². The van der Waals surface area contributed by atoms with Crippen molar-refractivity contribution in [2.24, 2.45) is 10.8 Å². The van der Waals surface area contributed by atoms with E-state index in [2.05, 4.69) is 56.1 Å². The summed E-state index contributed by atoms with van der Waals surface area (Å²) in [4.78, 5) is 3.53. The highest BCUT2D eigenvalue weighted by molar-refractivity contribution is 5.50. The molecule has 0 aromatic heterocycles. The highest BCUT2D eigenvalue weighted by Crippen LogP contribution is 2.45. The largest absolute Gasteiger partial charge is 0.491 e. The summed E-state index contributed by atoms with van der Waals surface area (Å²) in [6, 6.07) is 6.27. The van der Waals surface area contributed by atoms with Crippen LogP contribution in [0.2, 0.25) is 0 Å². The Morgan fingerprint density at radius 2 is 1.09 bits per heavy atom. The third-order valence-corrected chi connectivity index (χ3v) is 9.38. The molecule has 0 bridgehead atoms. The summed E-state index contributed by atoms with van der Waals surface area (Å²) in [5.74, 6) is 1.29. The van der Waals surface area contributed by atoms with E-state index in [1.165, 1.54) is 0 Å². The summed E-state index contributed by atoms with van der Waals surface area (Å²) in [5.41, 5.74) is 3.38. The van der Waals surface area contributed by atoms with Crippen molar-refractivity contribution in [1.29, 1.82) is 15.8 Å². The van der Waals surface area contributed by atoms with Crippen molar-refractivity contribution in [3.05, 3.63) is 56.6 Å². The molecule has 2 rings (SSSR count). The summed E-state index contributed by atoms with van der Waals surface area (Å²) in [7, 11) is 3.26. The second-order valence-electron chi connectivity index (χ2n) is 15.5. The Morgan fingerprint density at radius 1 is 0.607 bits per heavy atom. The third-order valence-electron chi connectivity index (χ3n) is 9.38. The van der Waals surface area contributed by atoms with Gasteiger partial charge in [-0.3, -0.25) is 0 Å². The van der Waals surface area contributed by atoms with Crippen LogP contribution in [0.5, 0.6) is 0 Å². The summed E-state index contributed by atoms with van der Waals surface area (Å²) in [6.45, 7) is 22.3. The van der Waals surface area contributed by atoms with E-state index in [9.17, 15) is 15.8 Å². The predicted molar refractivity (Wildman–Crippen MR) is 212 cm³/mol. The molecule has 1 N–H and O–H groups in total. The highest BCUT2D eigenvalue weighted by Gasteiger charge is 2.35. The van der Waals surface area contributed by atoms with Gasteiger partial charge in [-0.25, -0.2) is 10.1 Å². The molecule has 0 aromatic rings. The van der Waals surface area contributed by atoms with E-state index in [0.29, 0.717) is 115 Å². The molecule has 0 amide bonds. The zero-order chi connectivity index (χ0) is 41.1. The smallest absolute Gasteiger partial charge is 0.268 e. The van der Waals surface area contributed by atoms with Gasteiger partial charge >= 0.3 is 0 Å². The average molecular weight is 780 g/mol. The van der Waals surface area contributed by atoms with Crippen molar-refractivity contribution >= 4 is 0 Å². The summed E-state index contributed by atoms with van der Waals surface area (Å²) < 4.78 is 44.7. The Kier molecular flexibility index (Phi) is 23.8. The Morgan fingerprint density at radius 3 is 1.62 bits per heavy atom. The molecule has 0 unspecified atom stereocenters. The molecule has 0 aliphatic heterocycles. The van der Waals surface area contributed by atoms with E-state index in [4.69, 9.17) is 44.5 Å². The van der Waals surface area contributed by atoms with Crippen LogP contribution in [0.4, 0.5) is 0 Å². The molecule has 0 fully saturated rings. The summed E-state index contributed by atoms with van der Waals surface area (Å²) in [6.07, 6.45) is 8.68. The third kappa shape index (κ3) is 18.4. The van der Waals surface area contributed by atoms with Crippen LogP contribution >= 0.6 is 0 Å². The SMILES string of the molecule is [C-]#[N+]/C(C#N)=C1\CC(C)(C)CC(NCCCCCCCC2=C(OCCOCCOCCOC)C(=C(C#N)C#N)CC(C)(C)C2)=C1OCCOCCOCCOC. The van der Waals surface area contributed by atoms with Gasteiger partial charge < -0.3 is 43.2 Å². The first-order chi connectivity index (χ1) is 27.1. The molecular formula is C43H65N5O8. The molecule has 13 nitrogen and oxygen atoms in total. The number of methoxy groups -OCH3 is 2. The first-order valence-corrected chi connectivity index (χ1v) is 19.8. The maximum Gasteiger partial charge on any atom is 0.268 e. The highest BCUT2D eigenvalue weighted by atomic mass is 16.6. The molecule has 0 saturated heterocycles. The normalized spacial score (nSPS) is 17.1. The fourth-order valence-electron chi connectivity index (χ4n) is 6.84. The Bertz CT molecular complexity index is 1360. The number of rotatable bonds is 29. The van der Waals surface area contributed by atoms with Gasteiger partial charge in [0.2, 0.25) is 0 Å². The van der Waals surface area contributed by atoms with Crippen molar-refractivity contribution in [3.8, 4) is 18.2 Å². The number of hydrogen-bond acceptors (Lipinski definition) is 12. The molecule has 56 heavy (non-hydrogen) atoms. The molecule has 310 valence electrons. The van der Waals surface area contributed by atoms with Gasteiger partial charge in [0.1, 0.15) is 42.4 Å². The van der Waals surface area contributed by atoms with E-state index >= 15 is 0 Å². The zero-order valence-electron chi connectivity index (χ0n) is 34.8. The number of hydrogen-bond donors (Lipinski definition) is 1. The average Bonchev–Trinajstić information content (AvgIpc) is 3.16. The molecule has 13 heteroatoms. The maximum absolute atomic E-state index is 9.77. The molecular weight excluding hydrogens is 715 g/mol. The van der Waals surface area contributed by atoms with Crippen LogP contribution in [-0.4, -0.2) is 100 Å². The molecule has 0 heterocycles. The second-order valence-corrected chi connectivity index (χ2v) is 15.5. The van der Waals surface area contributed by atoms with Gasteiger partial charge in [-0.15, -0.1) is 0 Å². The minimum absolute atomic E-state index is 0.0662. The maximum atomic E-state index is 9.77. The minimum Gasteiger partial charge on any atom is -0.491 e. The van der Waals surface area contributed by atoms with Gasteiger partial charge in [0.25, 0.3) is 5.70 Å². The molecule has 0 spiro atoms. The van der Waals surface area contributed by atoms with Gasteiger partial charge in [0, 0.05) is 31.9 Å². The molecule has 0 saturated carbocycles. The van der Waals surface area contributed by atoms with Gasteiger partial charge in [-0.05, 0) is 61.3 Å². The monoisotopic (exact) mass is 779 g/mol. The predicted octanol–water partition coefficient (Wildman–Crippen LogP) is 7.46. The fourth-order valence-corrected chi connectivity index (χ4v) is 6.84. The fraction of sp³-hybridized carbons (Fsp3) is 0.721. The van der Waals surface area contributed by atoms with Crippen LogP contribution < -0.4 is 5.32 Å². The Labute approximate surface area is 336 Å². The number of allylic oxidation sites excluding steroid dienone is 6. The lowest BCUT2D eigenvalue weighted by atomic mass is 9.72. The van der Waals surface area contributed by atoms with Crippen molar-refractivity contribution in [2.75, 3.05) is 100 Å². The number of nitrogens with one attached hydrogen (secondary N) is 1. The first kappa shape index (κ1) is 48.2. The summed E-state index contributed by atoms with van der Waals surface area (Å²) >= 11 is 0. The Balaban J connectivity index is 1.97. The topological polar surface area (TPSA) is 162 Å². The second kappa shape index (κ2) is 27.6. The number of unbranched alkanes of at least 4 members (excludes halogenated alkanes) is 4. The molecule has 2 aliphatic rings. The van der Waals surface area contributed by atoms with Crippen LogP contribution in [0.3, 0.4) is 0 Å². The Hall–Kier alpha value is -3.92. The van der Waals surface area contributed by atoms with E-state index < -0.39 is 0 Å². The number of ether oxygens (including phenoxy) is 8. The standard InChI is InChI=1S/C43H65N5O8/c1-42(2)27-34(40(36(28-42)35(31-44)32-45)55-25-23-53-21-19-51-17-15-49-6)13-11-9-8-10-12-14-48-38-30-43(3,4)29-37(39(33-46)47-5)41(38)56-26-24-54-22-20-52-18-16-50-7/h48H,8-30H2,1-4,6-7H3/b39-37+. The lowest BCUT2D eigenvalue weighted by molar-refractivity contribution is 0.0117. The lowest BCUT2D eigenvalue weighted by Crippen LogP contribution is -2.30. The van der Waals surface area contributed by atoms with E-state index in [1.807, 2.05) is 0 Å².